The molecule has 0 radical (unpaired) electrons. The number of hydrogen-bond donors (Lipinski definition) is 0. The normalized spacial score (nSPS) is 7.33. The van der Waals surface area contributed by atoms with Crippen molar-refractivity contribution in [2.75, 3.05) is 0 Å². The highest BCUT2D eigenvalue weighted by atomic mass is 14.2. The first kappa shape index (κ1) is 10.4. The largest absolute Gasteiger partial charge is 0.199 e. The Hall–Kier alpha value is -1.55. The molecular formula is C11H13N. The second-order valence-corrected chi connectivity index (χ2v) is 2.20. The molecule has 1 heteroatoms. The van der Waals surface area contributed by atoms with Crippen LogP contribution >= 0.6 is 0 Å². The fourth-order valence-electron chi connectivity index (χ4n) is 0.781. The van der Waals surface area contributed by atoms with Gasteiger partial charge in [-0.05, 0) is 12.0 Å². The predicted molar refractivity (Wildman–Crippen MR) is 51.6 cm³/mol. The van der Waals surface area contributed by atoms with Crippen LogP contribution in [0.15, 0.2) is 43.0 Å². The lowest BCUT2D eigenvalue weighted by molar-refractivity contribution is 1.28. The van der Waals surface area contributed by atoms with Gasteiger partial charge in [-0.25, -0.2) is 0 Å². The molecule has 1 rings (SSSR count). The Labute approximate surface area is 74.0 Å². The van der Waals surface area contributed by atoms with E-state index in [4.69, 9.17) is 5.26 Å². The van der Waals surface area contributed by atoms with Crippen LogP contribution in [0.5, 0.6) is 0 Å². The van der Waals surface area contributed by atoms with Crippen LogP contribution in [0, 0.1) is 11.3 Å². The molecular weight excluding hydrogens is 146 g/mol. The summed E-state index contributed by atoms with van der Waals surface area (Å²) in [6, 6.07) is 12.0. The Morgan fingerprint density at radius 2 is 1.92 bits per heavy atom. The molecule has 0 aliphatic heterocycles. The van der Waals surface area contributed by atoms with Crippen molar-refractivity contribution < 1.29 is 0 Å². The zero-order chi connectivity index (χ0) is 9.23. The van der Waals surface area contributed by atoms with E-state index in [9.17, 15) is 0 Å². The summed E-state index contributed by atoms with van der Waals surface area (Å²) in [7, 11) is 0. The minimum atomic E-state index is 0.973. The lowest BCUT2D eigenvalue weighted by Gasteiger charge is -1.91. The average Bonchev–Trinajstić information content (AvgIpc) is 2.08. The number of allylic oxidation sites excluding steroid dienone is 1. The van der Waals surface area contributed by atoms with Gasteiger partial charge < -0.3 is 0 Å². The zero-order valence-electron chi connectivity index (χ0n) is 7.33. The molecule has 1 aromatic rings. The van der Waals surface area contributed by atoms with Gasteiger partial charge in [0.2, 0.25) is 0 Å². The third-order valence-corrected chi connectivity index (χ3v) is 1.22. The summed E-state index contributed by atoms with van der Waals surface area (Å²) in [5.74, 6) is 0. The monoisotopic (exact) mass is 159 g/mol. The Kier molecular flexibility index (Phi) is 6.58. The average molecular weight is 159 g/mol. The van der Waals surface area contributed by atoms with Crippen LogP contribution in [0.3, 0.4) is 0 Å². The van der Waals surface area contributed by atoms with Gasteiger partial charge in [-0.1, -0.05) is 36.4 Å². The third-order valence-electron chi connectivity index (χ3n) is 1.22. The molecule has 1 aromatic carbocycles. The van der Waals surface area contributed by atoms with Crippen LogP contribution in [0.4, 0.5) is 0 Å². The fraction of sp³-hybridized carbons (Fsp3) is 0.182. The molecule has 0 atom stereocenters. The highest BCUT2D eigenvalue weighted by molar-refractivity contribution is 5.16. The van der Waals surface area contributed by atoms with E-state index in [-0.39, 0.29) is 0 Å². The first-order chi connectivity index (χ1) is 5.85. The standard InChI is InChI=1S/C9H10.C2H3N/c1-2-6-9-7-4-3-5-8-9;1-2-3/h2-5,7-8H,1,6H2;1H3. The lowest BCUT2D eigenvalue weighted by Crippen LogP contribution is -1.75. The van der Waals surface area contributed by atoms with Crippen molar-refractivity contribution in [2.24, 2.45) is 0 Å². The summed E-state index contributed by atoms with van der Waals surface area (Å²) in [5.41, 5.74) is 1.33. The molecule has 1 nitrogen and oxygen atoms in total. The summed E-state index contributed by atoms with van der Waals surface area (Å²) >= 11 is 0. The van der Waals surface area contributed by atoms with Crippen LogP contribution in [0.2, 0.25) is 0 Å². The van der Waals surface area contributed by atoms with Crippen LogP contribution in [-0.2, 0) is 6.42 Å². The maximum atomic E-state index is 7.32. The second-order valence-electron chi connectivity index (χ2n) is 2.20. The molecule has 0 unspecified atom stereocenters. The number of nitrogens with zero attached hydrogens (tertiary/aromatic N) is 1. The van der Waals surface area contributed by atoms with Gasteiger partial charge in [0.15, 0.2) is 0 Å². The minimum Gasteiger partial charge on any atom is -0.199 e. The molecule has 62 valence electrons. The Morgan fingerprint density at radius 3 is 2.33 bits per heavy atom. The van der Waals surface area contributed by atoms with Crippen molar-refractivity contribution in [3.05, 3.63) is 48.6 Å². The second kappa shape index (κ2) is 7.56. The van der Waals surface area contributed by atoms with Gasteiger partial charge in [0.1, 0.15) is 0 Å². The molecule has 0 heterocycles. The van der Waals surface area contributed by atoms with Crippen molar-refractivity contribution >= 4 is 0 Å². The third kappa shape index (κ3) is 5.25. The first-order valence-electron chi connectivity index (χ1n) is 3.80. The number of benzene rings is 1. The summed E-state index contributed by atoms with van der Waals surface area (Å²) in [5, 5.41) is 7.32. The van der Waals surface area contributed by atoms with Gasteiger partial charge in [-0.3, -0.25) is 0 Å². The van der Waals surface area contributed by atoms with Crippen molar-refractivity contribution in [3.63, 3.8) is 0 Å². The molecule has 0 N–H and O–H groups in total. The van der Waals surface area contributed by atoms with Gasteiger partial charge in [-0.2, -0.15) is 5.26 Å². The van der Waals surface area contributed by atoms with E-state index in [0.29, 0.717) is 0 Å². The molecule has 0 amide bonds. The highest BCUT2D eigenvalue weighted by Gasteiger charge is 1.82. The van der Waals surface area contributed by atoms with Crippen LogP contribution in [0.25, 0.3) is 0 Å². The van der Waals surface area contributed by atoms with Crippen LogP contribution in [-0.4, -0.2) is 0 Å². The van der Waals surface area contributed by atoms with Gasteiger partial charge >= 0.3 is 0 Å². The SMILES string of the molecule is C=CCc1ccccc1.CC#N. The van der Waals surface area contributed by atoms with Crippen LogP contribution in [0.1, 0.15) is 12.5 Å². The van der Waals surface area contributed by atoms with Crippen molar-refractivity contribution in [2.45, 2.75) is 13.3 Å². The quantitative estimate of drug-likeness (QED) is 0.608. The van der Waals surface area contributed by atoms with Gasteiger partial charge in [-0.15, -0.1) is 6.58 Å². The Bertz CT molecular complexity index is 243. The van der Waals surface area contributed by atoms with E-state index < -0.39 is 0 Å². The molecule has 0 saturated heterocycles. The van der Waals surface area contributed by atoms with Gasteiger partial charge in [0, 0.05) is 6.92 Å². The number of hydrogen-bond acceptors (Lipinski definition) is 1. The van der Waals surface area contributed by atoms with E-state index >= 15 is 0 Å². The van der Waals surface area contributed by atoms with Crippen molar-refractivity contribution in [1.82, 2.24) is 0 Å². The molecule has 0 aliphatic rings. The topological polar surface area (TPSA) is 23.8 Å². The van der Waals surface area contributed by atoms with Crippen LogP contribution < -0.4 is 0 Å². The van der Waals surface area contributed by atoms with E-state index in [1.165, 1.54) is 12.5 Å². The predicted octanol–water partition coefficient (Wildman–Crippen LogP) is 2.94. The Morgan fingerprint density at radius 1 is 1.42 bits per heavy atom. The summed E-state index contributed by atoms with van der Waals surface area (Å²) in [6.07, 6.45) is 2.89. The van der Waals surface area contributed by atoms with E-state index in [1.54, 1.807) is 6.07 Å². The van der Waals surface area contributed by atoms with Crippen molar-refractivity contribution in [3.8, 4) is 6.07 Å². The van der Waals surface area contributed by atoms with E-state index in [0.717, 1.165) is 6.42 Å². The van der Waals surface area contributed by atoms with Gasteiger partial charge in [0.05, 0.1) is 6.07 Å². The lowest BCUT2D eigenvalue weighted by atomic mass is 10.2. The zero-order valence-corrected chi connectivity index (χ0v) is 7.33. The molecule has 0 spiro atoms. The summed E-state index contributed by atoms with van der Waals surface area (Å²) in [6.45, 7) is 5.09. The van der Waals surface area contributed by atoms with Gasteiger partial charge in [0.25, 0.3) is 0 Å². The maximum absolute atomic E-state index is 7.32. The molecule has 0 aromatic heterocycles. The van der Waals surface area contributed by atoms with E-state index in [1.807, 2.05) is 24.3 Å². The molecule has 0 bridgehead atoms. The maximum Gasteiger partial charge on any atom is 0.0587 e. The molecule has 0 fully saturated rings. The number of nitriles is 1. The summed E-state index contributed by atoms with van der Waals surface area (Å²) < 4.78 is 0. The smallest absolute Gasteiger partial charge is 0.0587 e. The number of rotatable bonds is 2. The molecule has 12 heavy (non-hydrogen) atoms. The summed E-state index contributed by atoms with van der Waals surface area (Å²) in [4.78, 5) is 0. The fourth-order valence-corrected chi connectivity index (χ4v) is 0.781. The minimum absolute atomic E-state index is 0.973. The molecule has 0 saturated carbocycles. The Balaban J connectivity index is 0.000000354. The molecule has 0 aliphatic carbocycles. The van der Waals surface area contributed by atoms with E-state index in [2.05, 4.69) is 18.7 Å². The highest BCUT2D eigenvalue weighted by Crippen LogP contribution is 1.98. The van der Waals surface area contributed by atoms with Crippen molar-refractivity contribution in [1.29, 1.82) is 5.26 Å². The first-order valence-corrected chi connectivity index (χ1v) is 3.80.